The number of hydrogen-bond donors (Lipinski definition) is 2. The highest BCUT2D eigenvalue weighted by molar-refractivity contribution is 5.92. The fourth-order valence-electron chi connectivity index (χ4n) is 0.202. The van der Waals surface area contributed by atoms with Crippen molar-refractivity contribution in [1.29, 1.82) is 0 Å². The third-order valence-corrected chi connectivity index (χ3v) is 0.510. The summed E-state index contributed by atoms with van der Waals surface area (Å²) in [6, 6.07) is 0. The van der Waals surface area contributed by atoms with Gasteiger partial charge in [-0.25, -0.2) is 5.48 Å². The van der Waals surface area contributed by atoms with E-state index in [0.717, 1.165) is 0 Å². The zero-order valence-electron chi connectivity index (χ0n) is 5.09. The largest absolute Gasteiger partial charge is 0.368 e. The highest BCUT2D eigenvalue weighted by Gasteiger charge is 1.95. The van der Waals surface area contributed by atoms with E-state index < -0.39 is 11.8 Å². The van der Waals surface area contributed by atoms with E-state index in [9.17, 15) is 9.59 Å². The number of carbonyl (C=O) groups excluding carboxylic acids is 2. The van der Waals surface area contributed by atoms with Gasteiger partial charge in [0.1, 0.15) is 0 Å². The van der Waals surface area contributed by atoms with Crippen LogP contribution < -0.4 is 11.2 Å². The maximum atomic E-state index is 10.2. The van der Waals surface area contributed by atoms with Crippen molar-refractivity contribution in [1.82, 2.24) is 5.48 Å². The van der Waals surface area contributed by atoms with Crippen LogP contribution in [0.3, 0.4) is 0 Å². The number of carbonyl (C=O) groups is 2. The summed E-state index contributed by atoms with van der Waals surface area (Å²) in [6.07, 6.45) is 4.63. The van der Waals surface area contributed by atoms with Crippen LogP contribution in [-0.4, -0.2) is 18.4 Å². The van der Waals surface area contributed by atoms with Crippen LogP contribution in [0, 0.1) is 12.3 Å². The van der Waals surface area contributed by atoms with Crippen LogP contribution >= 0.6 is 0 Å². The molecule has 0 spiro atoms. The molecule has 10 heavy (non-hydrogen) atoms. The van der Waals surface area contributed by atoms with E-state index in [2.05, 4.69) is 17.0 Å². The fourth-order valence-corrected chi connectivity index (χ4v) is 0.202. The van der Waals surface area contributed by atoms with Crippen molar-refractivity contribution in [2.24, 2.45) is 5.73 Å². The molecule has 3 N–H and O–H groups in total. The van der Waals surface area contributed by atoms with Gasteiger partial charge in [-0.15, -0.1) is 6.42 Å². The van der Waals surface area contributed by atoms with Crippen molar-refractivity contribution < 1.29 is 14.4 Å². The lowest BCUT2D eigenvalue weighted by Crippen LogP contribution is -2.28. The summed E-state index contributed by atoms with van der Waals surface area (Å²) in [6.45, 7) is -0.382. The van der Waals surface area contributed by atoms with E-state index in [1.165, 1.54) is 0 Å². The summed E-state index contributed by atoms with van der Waals surface area (Å²) < 4.78 is 0. The van der Waals surface area contributed by atoms with Gasteiger partial charge in [0.25, 0.3) is 0 Å². The second-order valence-corrected chi connectivity index (χ2v) is 1.33. The third-order valence-electron chi connectivity index (χ3n) is 0.510. The minimum Gasteiger partial charge on any atom is -0.368 e. The summed E-state index contributed by atoms with van der Waals surface area (Å²) >= 11 is 0. The van der Waals surface area contributed by atoms with Gasteiger partial charge < -0.3 is 5.73 Å². The minimum atomic E-state index is -0.749. The minimum absolute atomic E-state index is 0.382. The smallest absolute Gasteiger partial charge is 0.319 e. The van der Waals surface area contributed by atoms with Gasteiger partial charge in [0, 0.05) is 0 Å². The molecule has 0 saturated heterocycles. The Bertz CT molecular complexity index is 182. The first-order valence-electron chi connectivity index (χ1n) is 2.33. The van der Waals surface area contributed by atoms with Gasteiger partial charge in [0.15, 0.2) is 6.61 Å². The molecule has 2 amide bonds. The number of primary amides is 1. The molecule has 0 aliphatic rings. The van der Waals surface area contributed by atoms with Gasteiger partial charge in [-0.1, -0.05) is 0 Å². The lowest BCUT2D eigenvalue weighted by atomic mass is 10.7. The average Bonchev–Trinajstić information content (AvgIpc) is 1.87. The van der Waals surface area contributed by atoms with Gasteiger partial charge in [-0.05, 0) is 5.92 Å². The average molecular weight is 142 g/mol. The first-order chi connectivity index (χ1) is 4.66. The molecule has 0 heterocycles. The van der Waals surface area contributed by atoms with Crippen molar-refractivity contribution in [3.05, 3.63) is 0 Å². The number of hydroxylamine groups is 1. The van der Waals surface area contributed by atoms with Crippen molar-refractivity contribution in [3.63, 3.8) is 0 Å². The molecular weight excluding hydrogens is 136 g/mol. The number of nitrogens with one attached hydrogen (secondary N) is 1. The summed E-state index contributed by atoms with van der Waals surface area (Å²) in [5.41, 5.74) is 6.44. The Kier molecular flexibility index (Phi) is 3.68. The molecular formula is C5H6N2O3. The van der Waals surface area contributed by atoms with Gasteiger partial charge in [-0.3, -0.25) is 14.4 Å². The molecule has 0 fully saturated rings. The fraction of sp³-hybridized carbons (Fsp3) is 0.200. The zero-order valence-corrected chi connectivity index (χ0v) is 5.09. The Morgan fingerprint density at radius 2 is 2.30 bits per heavy atom. The Balaban J connectivity index is 3.31. The topological polar surface area (TPSA) is 81.4 Å². The van der Waals surface area contributed by atoms with E-state index in [0.29, 0.717) is 0 Å². The predicted molar refractivity (Wildman–Crippen MR) is 32.1 cm³/mol. The van der Waals surface area contributed by atoms with Crippen LogP contribution in [0.4, 0.5) is 0 Å². The van der Waals surface area contributed by atoms with Crippen molar-refractivity contribution in [2.75, 3.05) is 6.61 Å². The predicted octanol–water partition coefficient (Wildman–Crippen LogP) is -1.85. The lowest BCUT2D eigenvalue weighted by molar-refractivity contribution is -0.133. The summed E-state index contributed by atoms with van der Waals surface area (Å²) in [5, 5.41) is 0. The van der Waals surface area contributed by atoms with E-state index in [4.69, 9.17) is 0 Å². The molecule has 54 valence electrons. The van der Waals surface area contributed by atoms with Crippen molar-refractivity contribution in [3.8, 4) is 12.3 Å². The van der Waals surface area contributed by atoms with Crippen LogP contribution in [0.5, 0.6) is 0 Å². The molecule has 0 unspecified atom stereocenters. The standard InChI is InChI=1S/C5H6N2O3/c1-2-5(9)7-10-3-4(6)8/h1H,3H2,(H2,6,8)(H,7,9). The Labute approximate surface area is 57.5 Å². The normalized spacial score (nSPS) is 7.90. The molecule has 0 rings (SSSR count). The van der Waals surface area contributed by atoms with Crippen LogP contribution in [0.25, 0.3) is 0 Å². The van der Waals surface area contributed by atoms with Gasteiger partial charge in [0.05, 0.1) is 0 Å². The molecule has 5 nitrogen and oxygen atoms in total. The molecule has 0 saturated carbocycles. The van der Waals surface area contributed by atoms with Crippen LogP contribution in [-0.2, 0) is 14.4 Å². The number of nitrogens with two attached hydrogens (primary N) is 1. The van der Waals surface area contributed by atoms with Crippen LogP contribution in [0.15, 0.2) is 0 Å². The van der Waals surface area contributed by atoms with Gasteiger partial charge in [0.2, 0.25) is 5.91 Å². The van der Waals surface area contributed by atoms with E-state index in [1.807, 2.05) is 0 Å². The first-order valence-corrected chi connectivity index (χ1v) is 2.33. The quantitative estimate of drug-likeness (QED) is 0.358. The molecule has 0 aromatic heterocycles. The Morgan fingerprint density at radius 3 is 2.70 bits per heavy atom. The molecule has 0 radical (unpaired) electrons. The van der Waals surface area contributed by atoms with E-state index in [1.54, 1.807) is 11.4 Å². The first kappa shape index (κ1) is 8.46. The SMILES string of the molecule is C#CC(=O)NOCC(N)=O. The van der Waals surface area contributed by atoms with Crippen molar-refractivity contribution >= 4 is 11.8 Å². The molecule has 0 aliphatic carbocycles. The highest BCUT2D eigenvalue weighted by Crippen LogP contribution is 1.65. The van der Waals surface area contributed by atoms with Crippen molar-refractivity contribution in [2.45, 2.75) is 0 Å². The second kappa shape index (κ2) is 4.35. The summed E-state index contributed by atoms with van der Waals surface area (Å²) in [7, 11) is 0. The lowest BCUT2D eigenvalue weighted by Gasteiger charge is -1.96. The number of rotatable bonds is 3. The van der Waals surface area contributed by atoms with E-state index >= 15 is 0 Å². The zero-order chi connectivity index (χ0) is 7.98. The molecule has 0 aromatic rings. The third kappa shape index (κ3) is 4.61. The Hall–Kier alpha value is -1.54. The number of hydrogen-bond acceptors (Lipinski definition) is 3. The summed E-state index contributed by atoms with van der Waals surface area (Å²) in [5.74, 6) is 0.280. The van der Waals surface area contributed by atoms with Gasteiger partial charge >= 0.3 is 5.91 Å². The van der Waals surface area contributed by atoms with E-state index in [-0.39, 0.29) is 6.61 Å². The summed E-state index contributed by atoms with van der Waals surface area (Å²) in [4.78, 5) is 24.4. The second-order valence-electron chi connectivity index (χ2n) is 1.33. The Morgan fingerprint density at radius 1 is 1.70 bits per heavy atom. The highest BCUT2D eigenvalue weighted by atomic mass is 16.7. The number of terminal acetylenes is 1. The monoisotopic (exact) mass is 142 g/mol. The molecule has 0 atom stereocenters. The molecule has 0 bridgehead atoms. The van der Waals surface area contributed by atoms with Crippen LogP contribution in [0.1, 0.15) is 0 Å². The van der Waals surface area contributed by atoms with Gasteiger partial charge in [-0.2, -0.15) is 0 Å². The maximum absolute atomic E-state index is 10.2. The molecule has 0 aliphatic heterocycles. The molecule has 0 aromatic carbocycles. The molecule has 5 heteroatoms. The maximum Gasteiger partial charge on any atom is 0.319 e. The number of amides is 2. The van der Waals surface area contributed by atoms with Crippen LogP contribution in [0.2, 0.25) is 0 Å².